The fourth-order valence-corrected chi connectivity index (χ4v) is 1.39. The lowest BCUT2D eigenvalue weighted by molar-refractivity contribution is 0.0783. The molecular formula is C13H17F2NO3. The molecule has 1 aromatic carbocycles. The van der Waals surface area contributed by atoms with Crippen molar-refractivity contribution in [2.24, 2.45) is 5.92 Å². The van der Waals surface area contributed by atoms with E-state index in [4.69, 9.17) is 5.11 Å². The molecule has 0 aliphatic carbocycles. The standard InChI is InChI=1S/C13H17F2NO3/c1-7(2)13(3,6-17)16-12(19)8-4-9(14)11(18)10(15)5-8/h4-5,7,17-18H,6H2,1-3H3,(H,16,19)/t13-/m0/s1. The molecule has 0 heterocycles. The van der Waals surface area contributed by atoms with Crippen molar-refractivity contribution in [1.82, 2.24) is 5.32 Å². The lowest BCUT2D eigenvalue weighted by atomic mass is 9.89. The number of aliphatic hydroxyl groups excluding tert-OH is 1. The van der Waals surface area contributed by atoms with Crippen LogP contribution in [0.4, 0.5) is 8.78 Å². The van der Waals surface area contributed by atoms with E-state index in [9.17, 15) is 18.7 Å². The predicted octanol–water partition coefficient (Wildman–Crippen LogP) is 1.81. The Morgan fingerprint density at radius 1 is 1.37 bits per heavy atom. The molecule has 0 aliphatic rings. The van der Waals surface area contributed by atoms with E-state index in [1.807, 2.05) is 0 Å². The summed E-state index contributed by atoms with van der Waals surface area (Å²) in [6, 6.07) is 1.48. The zero-order chi connectivity index (χ0) is 14.8. The fraction of sp³-hybridized carbons (Fsp3) is 0.462. The highest BCUT2D eigenvalue weighted by atomic mass is 19.1. The predicted molar refractivity (Wildman–Crippen MR) is 65.8 cm³/mol. The van der Waals surface area contributed by atoms with Gasteiger partial charge in [0, 0.05) is 5.56 Å². The summed E-state index contributed by atoms with van der Waals surface area (Å²) in [7, 11) is 0. The zero-order valence-corrected chi connectivity index (χ0v) is 11.0. The van der Waals surface area contributed by atoms with Crippen LogP contribution in [-0.2, 0) is 0 Å². The monoisotopic (exact) mass is 273 g/mol. The molecule has 0 spiro atoms. The summed E-state index contributed by atoms with van der Waals surface area (Å²) in [4.78, 5) is 11.9. The molecule has 0 fully saturated rings. The maximum absolute atomic E-state index is 13.2. The molecule has 0 aliphatic heterocycles. The van der Waals surface area contributed by atoms with Gasteiger partial charge in [0.15, 0.2) is 17.4 Å². The molecule has 0 saturated carbocycles. The highest BCUT2D eigenvalue weighted by Gasteiger charge is 2.30. The minimum absolute atomic E-state index is 0.0757. The molecule has 0 unspecified atom stereocenters. The summed E-state index contributed by atoms with van der Waals surface area (Å²) < 4.78 is 26.3. The third-order valence-electron chi connectivity index (χ3n) is 3.28. The van der Waals surface area contributed by atoms with Gasteiger partial charge >= 0.3 is 0 Å². The number of nitrogens with one attached hydrogen (secondary N) is 1. The van der Waals surface area contributed by atoms with Gasteiger partial charge in [-0.2, -0.15) is 0 Å². The number of aliphatic hydroxyl groups is 1. The van der Waals surface area contributed by atoms with Crippen LogP contribution in [0.3, 0.4) is 0 Å². The van der Waals surface area contributed by atoms with Crippen molar-refractivity contribution in [3.63, 3.8) is 0 Å². The van der Waals surface area contributed by atoms with Gasteiger partial charge in [0.05, 0.1) is 12.1 Å². The van der Waals surface area contributed by atoms with Crippen LogP contribution in [0, 0.1) is 17.6 Å². The number of hydrogen-bond acceptors (Lipinski definition) is 3. The first kappa shape index (κ1) is 15.4. The molecule has 4 nitrogen and oxygen atoms in total. The number of carbonyl (C=O) groups is 1. The molecule has 1 amide bonds. The topological polar surface area (TPSA) is 69.6 Å². The minimum Gasteiger partial charge on any atom is -0.503 e. The molecule has 106 valence electrons. The second-order valence-electron chi connectivity index (χ2n) is 4.97. The van der Waals surface area contributed by atoms with Crippen molar-refractivity contribution in [2.45, 2.75) is 26.3 Å². The van der Waals surface area contributed by atoms with Crippen molar-refractivity contribution in [1.29, 1.82) is 0 Å². The van der Waals surface area contributed by atoms with E-state index in [0.29, 0.717) is 0 Å². The smallest absolute Gasteiger partial charge is 0.252 e. The van der Waals surface area contributed by atoms with Gasteiger partial charge in [-0.1, -0.05) is 13.8 Å². The Morgan fingerprint density at radius 3 is 2.21 bits per heavy atom. The largest absolute Gasteiger partial charge is 0.503 e. The first-order valence-corrected chi connectivity index (χ1v) is 5.82. The van der Waals surface area contributed by atoms with Crippen LogP contribution in [-0.4, -0.2) is 28.3 Å². The summed E-state index contributed by atoms with van der Waals surface area (Å²) in [5.41, 5.74) is -1.16. The molecule has 0 saturated heterocycles. The number of benzene rings is 1. The Kier molecular flexibility index (Phi) is 4.47. The third-order valence-corrected chi connectivity index (χ3v) is 3.28. The van der Waals surface area contributed by atoms with E-state index >= 15 is 0 Å². The molecule has 19 heavy (non-hydrogen) atoms. The SMILES string of the molecule is CC(C)[C@](C)(CO)NC(=O)c1cc(F)c(O)c(F)c1. The van der Waals surface area contributed by atoms with Crippen LogP contribution in [0.1, 0.15) is 31.1 Å². The molecular weight excluding hydrogens is 256 g/mol. The second kappa shape index (κ2) is 5.52. The molecule has 0 radical (unpaired) electrons. The van der Waals surface area contributed by atoms with Gasteiger partial charge in [0.25, 0.3) is 5.91 Å². The first-order valence-electron chi connectivity index (χ1n) is 5.82. The van der Waals surface area contributed by atoms with Crippen LogP contribution in [0.2, 0.25) is 0 Å². The second-order valence-corrected chi connectivity index (χ2v) is 4.97. The highest BCUT2D eigenvalue weighted by molar-refractivity contribution is 5.94. The normalized spacial score (nSPS) is 14.3. The van der Waals surface area contributed by atoms with Crippen molar-refractivity contribution < 1.29 is 23.8 Å². The third kappa shape index (κ3) is 3.20. The Balaban J connectivity index is 3.02. The number of phenolic OH excluding ortho intramolecular Hbond substituents is 1. The van der Waals surface area contributed by atoms with E-state index in [1.165, 1.54) is 0 Å². The summed E-state index contributed by atoms with van der Waals surface area (Å²) in [6.45, 7) is 4.92. The maximum atomic E-state index is 13.2. The van der Waals surface area contributed by atoms with Crippen molar-refractivity contribution in [3.8, 4) is 5.75 Å². The number of phenols is 1. The Morgan fingerprint density at radius 2 is 1.84 bits per heavy atom. The van der Waals surface area contributed by atoms with Gasteiger partial charge in [-0.15, -0.1) is 0 Å². The van der Waals surface area contributed by atoms with Crippen molar-refractivity contribution in [2.75, 3.05) is 6.61 Å². The van der Waals surface area contributed by atoms with Gasteiger partial charge in [0.1, 0.15) is 0 Å². The molecule has 1 rings (SSSR count). The molecule has 3 N–H and O–H groups in total. The fourth-order valence-electron chi connectivity index (χ4n) is 1.39. The van der Waals surface area contributed by atoms with Gasteiger partial charge in [-0.3, -0.25) is 4.79 Å². The number of amides is 1. The highest BCUT2D eigenvalue weighted by Crippen LogP contribution is 2.22. The van der Waals surface area contributed by atoms with Crippen LogP contribution in [0.25, 0.3) is 0 Å². The number of rotatable bonds is 4. The van der Waals surface area contributed by atoms with Gasteiger partial charge in [-0.25, -0.2) is 8.78 Å². The minimum atomic E-state index is -1.21. The van der Waals surface area contributed by atoms with Gasteiger partial charge < -0.3 is 15.5 Å². The molecule has 1 aromatic rings. The Bertz CT molecular complexity index is 468. The summed E-state index contributed by atoms with van der Waals surface area (Å²) in [6.07, 6.45) is 0. The number of halogens is 2. The Hall–Kier alpha value is -1.69. The van der Waals surface area contributed by atoms with Gasteiger partial charge in [-0.05, 0) is 25.0 Å². The van der Waals surface area contributed by atoms with Crippen LogP contribution < -0.4 is 5.32 Å². The van der Waals surface area contributed by atoms with E-state index < -0.39 is 28.8 Å². The zero-order valence-electron chi connectivity index (χ0n) is 11.0. The summed E-state index contributed by atoms with van der Waals surface area (Å²) >= 11 is 0. The van der Waals surface area contributed by atoms with Crippen LogP contribution in [0.15, 0.2) is 12.1 Å². The van der Waals surface area contributed by atoms with E-state index in [-0.39, 0.29) is 18.1 Å². The lowest BCUT2D eigenvalue weighted by Gasteiger charge is -2.32. The molecule has 6 heteroatoms. The lowest BCUT2D eigenvalue weighted by Crippen LogP contribution is -2.52. The number of carbonyl (C=O) groups excluding carboxylic acids is 1. The summed E-state index contributed by atoms with van der Waals surface area (Å²) in [5, 5.41) is 20.8. The molecule has 1 atom stereocenters. The number of hydrogen-bond donors (Lipinski definition) is 3. The molecule has 0 aromatic heterocycles. The van der Waals surface area contributed by atoms with Crippen molar-refractivity contribution >= 4 is 5.91 Å². The maximum Gasteiger partial charge on any atom is 0.252 e. The first-order chi connectivity index (χ1) is 8.71. The van der Waals surface area contributed by atoms with Crippen LogP contribution in [0.5, 0.6) is 5.75 Å². The van der Waals surface area contributed by atoms with E-state index in [1.54, 1.807) is 20.8 Å². The van der Waals surface area contributed by atoms with Crippen molar-refractivity contribution in [3.05, 3.63) is 29.3 Å². The number of aromatic hydroxyl groups is 1. The van der Waals surface area contributed by atoms with E-state index in [2.05, 4.69) is 5.32 Å². The van der Waals surface area contributed by atoms with Gasteiger partial charge in [0.2, 0.25) is 0 Å². The Labute approximate surface area is 110 Å². The average Bonchev–Trinajstić information content (AvgIpc) is 2.34. The van der Waals surface area contributed by atoms with E-state index in [0.717, 1.165) is 12.1 Å². The van der Waals surface area contributed by atoms with Crippen LogP contribution >= 0.6 is 0 Å². The quantitative estimate of drug-likeness (QED) is 0.783. The molecule has 0 bridgehead atoms. The summed E-state index contributed by atoms with van der Waals surface area (Å²) in [5.74, 6) is -4.33. The average molecular weight is 273 g/mol.